The van der Waals surface area contributed by atoms with Crippen LogP contribution >= 0.6 is 0 Å². The van der Waals surface area contributed by atoms with E-state index in [9.17, 15) is 9.59 Å². The average Bonchev–Trinajstić information content (AvgIpc) is 3.02. The van der Waals surface area contributed by atoms with Gasteiger partial charge in [0.1, 0.15) is 12.2 Å². The van der Waals surface area contributed by atoms with E-state index in [0.29, 0.717) is 23.5 Å². The van der Waals surface area contributed by atoms with Crippen molar-refractivity contribution in [3.63, 3.8) is 0 Å². The molecule has 0 radical (unpaired) electrons. The van der Waals surface area contributed by atoms with Gasteiger partial charge in [0.05, 0.1) is 0 Å². The molecular weight excluding hydrogens is 318 g/mol. The number of rotatable bonds is 3. The molecule has 132 valence electrons. The molecule has 2 unspecified atom stereocenters. The fourth-order valence-corrected chi connectivity index (χ4v) is 4.32. The number of pyridine rings is 1. The molecule has 0 aromatic carbocycles. The van der Waals surface area contributed by atoms with E-state index in [1.807, 2.05) is 11.0 Å². The van der Waals surface area contributed by atoms with Crippen molar-refractivity contribution in [2.24, 2.45) is 5.92 Å². The zero-order valence-electron chi connectivity index (χ0n) is 14.2. The number of likely N-dealkylation sites (tertiary alicyclic amines) is 1. The van der Waals surface area contributed by atoms with Crippen LogP contribution in [0.4, 0.5) is 0 Å². The molecular formula is C18H23N5O2. The normalized spacial score (nSPS) is 23.3. The molecule has 1 saturated heterocycles. The summed E-state index contributed by atoms with van der Waals surface area (Å²) in [6.45, 7) is 0.815. The Morgan fingerprint density at radius 2 is 2.04 bits per heavy atom. The van der Waals surface area contributed by atoms with Crippen LogP contribution in [-0.2, 0) is 11.3 Å². The molecule has 1 aliphatic heterocycles. The smallest absolute Gasteiger partial charge is 0.338 e. The minimum atomic E-state index is -0.369. The number of carbonyl (C=O) groups excluding carboxylic acids is 1. The number of carbonyl (C=O) groups is 1. The molecule has 1 amide bonds. The number of H-pyrrole nitrogens is 1. The van der Waals surface area contributed by atoms with E-state index in [1.165, 1.54) is 30.3 Å². The Balaban J connectivity index is 1.57. The quantitative estimate of drug-likeness (QED) is 0.923. The Kier molecular flexibility index (Phi) is 4.38. The molecule has 1 saturated carbocycles. The van der Waals surface area contributed by atoms with Gasteiger partial charge in [0.2, 0.25) is 5.91 Å². The van der Waals surface area contributed by atoms with E-state index in [0.717, 1.165) is 19.4 Å². The highest BCUT2D eigenvalue weighted by molar-refractivity contribution is 5.77. The lowest BCUT2D eigenvalue weighted by atomic mass is 9.78. The second-order valence-electron chi connectivity index (χ2n) is 6.99. The van der Waals surface area contributed by atoms with Crippen LogP contribution in [-0.4, -0.2) is 43.1 Å². The zero-order valence-corrected chi connectivity index (χ0v) is 14.2. The third kappa shape index (κ3) is 3.10. The molecule has 7 heteroatoms. The molecule has 1 N–H and O–H groups in total. The summed E-state index contributed by atoms with van der Waals surface area (Å²) in [7, 11) is 0. The maximum atomic E-state index is 13.0. The maximum Gasteiger partial charge on any atom is 0.344 e. The first-order chi connectivity index (χ1) is 12.2. The number of fused-ring (bicyclic) bond motifs is 1. The molecule has 4 rings (SSSR count). The van der Waals surface area contributed by atoms with E-state index in [4.69, 9.17) is 0 Å². The molecule has 2 aromatic rings. The highest BCUT2D eigenvalue weighted by Gasteiger charge is 2.35. The highest BCUT2D eigenvalue weighted by atomic mass is 16.2. The lowest BCUT2D eigenvalue weighted by molar-refractivity contribution is -0.138. The van der Waals surface area contributed by atoms with Gasteiger partial charge in [0.25, 0.3) is 0 Å². The number of nitrogens with zero attached hydrogens (tertiary/aromatic N) is 4. The molecule has 1 aliphatic carbocycles. The summed E-state index contributed by atoms with van der Waals surface area (Å²) in [5.41, 5.74) is 0.217. The number of aromatic nitrogens is 4. The number of amides is 1. The van der Waals surface area contributed by atoms with Gasteiger partial charge in [0.15, 0.2) is 5.82 Å². The van der Waals surface area contributed by atoms with Crippen molar-refractivity contribution < 1.29 is 4.79 Å². The van der Waals surface area contributed by atoms with Gasteiger partial charge in [-0.3, -0.25) is 14.3 Å². The van der Waals surface area contributed by atoms with Crippen molar-refractivity contribution in [1.29, 1.82) is 0 Å². The second-order valence-corrected chi connectivity index (χ2v) is 6.99. The van der Waals surface area contributed by atoms with Gasteiger partial charge in [-0.1, -0.05) is 18.9 Å². The van der Waals surface area contributed by atoms with Gasteiger partial charge in [-0.2, -0.15) is 5.10 Å². The Bertz CT molecular complexity index is 795. The number of hydrogen-bond acceptors (Lipinski definition) is 4. The zero-order chi connectivity index (χ0) is 17.2. The van der Waals surface area contributed by atoms with Crippen molar-refractivity contribution in [1.82, 2.24) is 24.6 Å². The van der Waals surface area contributed by atoms with E-state index in [-0.39, 0.29) is 18.1 Å². The topological polar surface area (TPSA) is 83.9 Å². The summed E-state index contributed by atoms with van der Waals surface area (Å²) >= 11 is 0. The van der Waals surface area contributed by atoms with Gasteiger partial charge in [-0.05, 0) is 43.7 Å². The molecule has 2 aliphatic rings. The standard InChI is InChI=1S/C18H23N5O2/c24-16(22-11-5-7-13-6-1-2-9-15(13)22)12-23-17(20-21-18(23)25)14-8-3-4-10-19-14/h3-4,8,10,13,15H,1-2,5-7,9,11-12H2,(H,21,25). The molecule has 0 bridgehead atoms. The van der Waals surface area contributed by atoms with Crippen molar-refractivity contribution in [2.45, 2.75) is 51.1 Å². The largest absolute Gasteiger partial charge is 0.344 e. The van der Waals surface area contributed by atoms with E-state index < -0.39 is 0 Å². The highest BCUT2D eigenvalue weighted by Crippen LogP contribution is 2.35. The summed E-state index contributed by atoms with van der Waals surface area (Å²) in [6.07, 6.45) is 8.70. The average molecular weight is 341 g/mol. The SMILES string of the molecule is O=C(Cn1c(-c2ccccn2)n[nH]c1=O)N1CCCC2CCCCC21. The Morgan fingerprint density at radius 1 is 1.20 bits per heavy atom. The van der Waals surface area contributed by atoms with Crippen LogP contribution in [0.1, 0.15) is 38.5 Å². The van der Waals surface area contributed by atoms with Crippen LogP contribution in [0.5, 0.6) is 0 Å². The van der Waals surface area contributed by atoms with Crippen LogP contribution in [0.3, 0.4) is 0 Å². The summed E-state index contributed by atoms with van der Waals surface area (Å²) in [5, 5.41) is 6.50. The minimum Gasteiger partial charge on any atom is -0.338 e. The monoisotopic (exact) mass is 341 g/mol. The summed E-state index contributed by atoms with van der Waals surface area (Å²) in [6, 6.07) is 5.77. The second kappa shape index (κ2) is 6.82. The van der Waals surface area contributed by atoms with Crippen LogP contribution in [0.25, 0.3) is 11.5 Å². The van der Waals surface area contributed by atoms with Crippen LogP contribution < -0.4 is 5.69 Å². The molecule has 2 fully saturated rings. The first-order valence-corrected chi connectivity index (χ1v) is 9.10. The van der Waals surface area contributed by atoms with E-state index in [1.54, 1.807) is 18.3 Å². The van der Waals surface area contributed by atoms with Gasteiger partial charge in [0, 0.05) is 18.8 Å². The van der Waals surface area contributed by atoms with Gasteiger partial charge >= 0.3 is 5.69 Å². The molecule has 3 heterocycles. The Hall–Kier alpha value is -2.44. The number of nitrogens with one attached hydrogen (secondary N) is 1. The molecule has 0 spiro atoms. The Morgan fingerprint density at radius 3 is 2.88 bits per heavy atom. The van der Waals surface area contributed by atoms with Crippen molar-refractivity contribution in [3.8, 4) is 11.5 Å². The summed E-state index contributed by atoms with van der Waals surface area (Å²) < 4.78 is 1.40. The van der Waals surface area contributed by atoms with E-state index >= 15 is 0 Å². The number of hydrogen-bond donors (Lipinski definition) is 1. The van der Waals surface area contributed by atoms with Crippen molar-refractivity contribution in [3.05, 3.63) is 34.9 Å². The van der Waals surface area contributed by atoms with Crippen LogP contribution in [0.2, 0.25) is 0 Å². The van der Waals surface area contributed by atoms with E-state index in [2.05, 4.69) is 15.2 Å². The first kappa shape index (κ1) is 16.1. The van der Waals surface area contributed by atoms with Gasteiger partial charge in [-0.15, -0.1) is 0 Å². The number of piperidine rings is 1. The van der Waals surface area contributed by atoms with Crippen molar-refractivity contribution in [2.75, 3.05) is 6.54 Å². The molecule has 2 atom stereocenters. The maximum absolute atomic E-state index is 13.0. The lowest BCUT2D eigenvalue weighted by Gasteiger charge is -2.44. The fraction of sp³-hybridized carbons (Fsp3) is 0.556. The fourth-order valence-electron chi connectivity index (χ4n) is 4.32. The predicted molar refractivity (Wildman–Crippen MR) is 92.8 cm³/mol. The molecule has 2 aromatic heterocycles. The lowest BCUT2D eigenvalue weighted by Crippen LogP contribution is -2.51. The number of aromatic amines is 1. The van der Waals surface area contributed by atoms with Crippen LogP contribution in [0.15, 0.2) is 29.2 Å². The molecule has 25 heavy (non-hydrogen) atoms. The molecule has 7 nitrogen and oxygen atoms in total. The summed E-state index contributed by atoms with van der Waals surface area (Å²) in [5.74, 6) is 1.05. The third-order valence-electron chi connectivity index (χ3n) is 5.51. The van der Waals surface area contributed by atoms with Gasteiger partial charge < -0.3 is 4.90 Å². The summed E-state index contributed by atoms with van der Waals surface area (Å²) in [4.78, 5) is 31.4. The Labute approximate surface area is 146 Å². The first-order valence-electron chi connectivity index (χ1n) is 9.10. The third-order valence-corrected chi connectivity index (χ3v) is 5.51. The predicted octanol–water partition coefficient (Wildman–Crippen LogP) is 1.81. The van der Waals surface area contributed by atoms with Crippen LogP contribution in [0, 0.1) is 5.92 Å². The minimum absolute atomic E-state index is 0.0114. The van der Waals surface area contributed by atoms with Crippen molar-refractivity contribution >= 4 is 5.91 Å². The van der Waals surface area contributed by atoms with Gasteiger partial charge in [-0.25, -0.2) is 9.89 Å².